The number of esters is 1. The molecule has 0 fully saturated rings. The first-order valence-electron chi connectivity index (χ1n) is 7.20. The molecule has 2 aromatic rings. The number of rotatable bonds is 6. The molecule has 0 bridgehead atoms. The van der Waals surface area contributed by atoms with Gasteiger partial charge >= 0.3 is 5.97 Å². The fourth-order valence-corrected chi connectivity index (χ4v) is 2.07. The summed E-state index contributed by atoms with van der Waals surface area (Å²) in [5.41, 5.74) is 2.91. The third-order valence-electron chi connectivity index (χ3n) is 3.23. The van der Waals surface area contributed by atoms with E-state index >= 15 is 0 Å². The lowest BCUT2D eigenvalue weighted by atomic mass is 10.1. The van der Waals surface area contributed by atoms with Crippen LogP contribution < -0.4 is 5.32 Å². The van der Waals surface area contributed by atoms with E-state index in [-0.39, 0.29) is 12.5 Å². The maximum absolute atomic E-state index is 12.0. The number of amides is 1. The van der Waals surface area contributed by atoms with Gasteiger partial charge in [0.1, 0.15) is 0 Å². The summed E-state index contributed by atoms with van der Waals surface area (Å²) in [5.74, 6) is -0.913. The second kappa shape index (κ2) is 8.10. The van der Waals surface area contributed by atoms with E-state index in [2.05, 4.69) is 5.32 Å². The molecule has 0 aliphatic carbocycles. The summed E-state index contributed by atoms with van der Waals surface area (Å²) in [7, 11) is 1.58. The standard InChI is InChI=1S/C18H19NO4/c1-13-6-3-4-9-16(13)19-17(20)12-23-18(21)15-8-5-7-14(10-15)11-22-2/h3-10H,11-12H2,1-2H3,(H,19,20). The lowest BCUT2D eigenvalue weighted by Crippen LogP contribution is -2.21. The van der Waals surface area contributed by atoms with Crippen molar-refractivity contribution >= 4 is 17.6 Å². The molecule has 5 heteroatoms. The van der Waals surface area contributed by atoms with E-state index in [1.807, 2.05) is 31.2 Å². The Balaban J connectivity index is 1.90. The molecular weight excluding hydrogens is 294 g/mol. The number of carbonyl (C=O) groups is 2. The maximum Gasteiger partial charge on any atom is 0.338 e. The zero-order valence-corrected chi connectivity index (χ0v) is 13.2. The number of hydrogen-bond donors (Lipinski definition) is 1. The minimum atomic E-state index is -0.539. The van der Waals surface area contributed by atoms with Crippen molar-refractivity contribution in [2.24, 2.45) is 0 Å². The van der Waals surface area contributed by atoms with Crippen LogP contribution in [-0.4, -0.2) is 25.6 Å². The molecule has 2 rings (SSSR count). The van der Waals surface area contributed by atoms with Crippen LogP contribution >= 0.6 is 0 Å². The second-order valence-electron chi connectivity index (χ2n) is 5.07. The Bertz CT molecular complexity index is 697. The summed E-state index contributed by atoms with van der Waals surface area (Å²) in [5, 5.41) is 2.71. The first kappa shape index (κ1) is 16.7. The molecule has 0 heterocycles. The van der Waals surface area contributed by atoms with Gasteiger partial charge in [0.2, 0.25) is 0 Å². The molecule has 0 saturated carbocycles. The van der Waals surface area contributed by atoms with Gasteiger partial charge in [-0.05, 0) is 36.2 Å². The van der Waals surface area contributed by atoms with Gasteiger partial charge in [-0.1, -0.05) is 30.3 Å². The molecule has 5 nitrogen and oxygen atoms in total. The van der Waals surface area contributed by atoms with Gasteiger partial charge in [-0.25, -0.2) is 4.79 Å². The molecule has 120 valence electrons. The van der Waals surface area contributed by atoms with Gasteiger partial charge < -0.3 is 14.8 Å². The molecule has 1 N–H and O–H groups in total. The number of carbonyl (C=O) groups excluding carboxylic acids is 2. The fraction of sp³-hybridized carbons (Fsp3) is 0.222. The Kier molecular flexibility index (Phi) is 5.88. The first-order valence-corrected chi connectivity index (χ1v) is 7.20. The number of methoxy groups -OCH3 is 1. The molecule has 0 unspecified atom stereocenters. The zero-order valence-electron chi connectivity index (χ0n) is 13.2. The molecule has 23 heavy (non-hydrogen) atoms. The van der Waals surface area contributed by atoms with Crippen LogP contribution in [0.2, 0.25) is 0 Å². The lowest BCUT2D eigenvalue weighted by molar-refractivity contribution is -0.119. The largest absolute Gasteiger partial charge is 0.452 e. The topological polar surface area (TPSA) is 64.6 Å². The number of para-hydroxylation sites is 1. The maximum atomic E-state index is 12.0. The summed E-state index contributed by atoms with van der Waals surface area (Å²) < 4.78 is 10.1. The molecule has 0 spiro atoms. The van der Waals surface area contributed by atoms with E-state index in [0.29, 0.717) is 17.9 Å². The van der Waals surface area contributed by atoms with Crippen molar-refractivity contribution in [2.75, 3.05) is 19.0 Å². The number of hydrogen-bond acceptors (Lipinski definition) is 4. The fourth-order valence-electron chi connectivity index (χ4n) is 2.07. The van der Waals surface area contributed by atoms with Crippen LogP contribution in [0.5, 0.6) is 0 Å². The van der Waals surface area contributed by atoms with Crippen molar-refractivity contribution in [1.29, 1.82) is 0 Å². The lowest BCUT2D eigenvalue weighted by Gasteiger charge is -2.09. The SMILES string of the molecule is COCc1cccc(C(=O)OCC(=O)Nc2ccccc2C)c1. The Morgan fingerprint density at radius 2 is 1.87 bits per heavy atom. The number of nitrogens with one attached hydrogen (secondary N) is 1. The van der Waals surface area contributed by atoms with Crippen molar-refractivity contribution in [3.8, 4) is 0 Å². The molecule has 0 aliphatic heterocycles. The molecule has 1 amide bonds. The number of anilines is 1. The van der Waals surface area contributed by atoms with E-state index in [4.69, 9.17) is 9.47 Å². The summed E-state index contributed by atoms with van der Waals surface area (Å²) in [6.45, 7) is 1.97. The Morgan fingerprint density at radius 3 is 2.61 bits per heavy atom. The van der Waals surface area contributed by atoms with Gasteiger partial charge in [0.25, 0.3) is 5.91 Å². The molecule has 0 saturated heterocycles. The zero-order chi connectivity index (χ0) is 16.7. The molecule has 2 aromatic carbocycles. The van der Waals surface area contributed by atoms with E-state index in [0.717, 1.165) is 11.1 Å². The molecular formula is C18H19NO4. The van der Waals surface area contributed by atoms with Crippen LogP contribution in [0.15, 0.2) is 48.5 Å². The van der Waals surface area contributed by atoms with Crippen molar-refractivity contribution in [3.63, 3.8) is 0 Å². The van der Waals surface area contributed by atoms with E-state index in [1.165, 1.54) is 0 Å². The van der Waals surface area contributed by atoms with Gasteiger partial charge in [-0.15, -0.1) is 0 Å². The normalized spacial score (nSPS) is 10.2. The second-order valence-corrected chi connectivity index (χ2v) is 5.07. The summed E-state index contributed by atoms with van der Waals surface area (Å²) in [4.78, 5) is 23.8. The molecule has 0 aliphatic rings. The van der Waals surface area contributed by atoms with Crippen LogP contribution in [0.1, 0.15) is 21.5 Å². The average molecular weight is 313 g/mol. The van der Waals surface area contributed by atoms with Gasteiger partial charge in [-0.2, -0.15) is 0 Å². The molecule has 0 aromatic heterocycles. The number of benzene rings is 2. The number of aryl methyl sites for hydroxylation is 1. The predicted molar refractivity (Wildman–Crippen MR) is 87.2 cm³/mol. The smallest absolute Gasteiger partial charge is 0.338 e. The Morgan fingerprint density at radius 1 is 1.09 bits per heavy atom. The van der Waals surface area contributed by atoms with E-state index < -0.39 is 5.97 Å². The number of ether oxygens (including phenoxy) is 2. The van der Waals surface area contributed by atoms with Crippen molar-refractivity contribution in [3.05, 3.63) is 65.2 Å². The van der Waals surface area contributed by atoms with Crippen LogP contribution in [0.25, 0.3) is 0 Å². The van der Waals surface area contributed by atoms with Crippen LogP contribution in [-0.2, 0) is 20.9 Å². The summed E-state index contributed by atoms with van der Waals surface area (Å²) in [6.07, 6.45) is 0. The monoisotopic (exact) mass is 313 g/mol. The third kappa shape index (κ3) is 4.93. The highest BCUT2D eigenvalue weighted by Crippen LogP contribution is 2.13. The van der Waals surface area contributed by atoms with Crippen molar-refractivity contribution in [2.45, 2.75) is 13.5 Å². The van der Waals surface area contributed by atoms with Gasteiger partial charge in [-0.3, -0.25) is 4.79 Å². The predicted octanol–water partition coefficient (Wildman–Crippen LogP) is 2.94. The Hall–Kier alpha value is -2.66. The van der Waals surface area contributed by atoms with E-state index in [9.17, 15) is 9.59 Å². The third-order valence-corrected chi connectivity index (χ3v) is 3.23. The summed E-state index contributed by atoms with van der Waals surface area (Å²) in [6, 6.07) is 14.3. The minimum Gasteiger partial charge on any atom is -0.452 e. The molecule has 0 radical (unpaired) electrons. The van der Waals surface area contributed by atoms with Gasteiger partial charge in [0.15, 0.2) is 6.61 Å². The Labute approximate surface area is 135 Å². The minimum absolute atomic E-state index is 0.332. The van der Waals surface area contributed by atoms with E-state index in [1.54, 1.807) is 31.4 Å². The van der Waals surface area contributed by atoms with Crippen molar-refractivity contribution in [1.82, 2.24) is 0 Å². The van der Waals surface area contributed by atoms with Crippen molar-refractivity contribution < 1.29 is 19.1 Å². The van der Waals surface area contributed by atoms with Gasteiger partial charge in [0.05, 0.1) is 12.2 Å². The summed E-state index contributed by atoms with van der Waals surface area (Å²) >= 11 is 0. The highest BCUT2D eigenvalue weighted by atomic mass is 16.5. The average Bonchev–Trinajstić information content (AvgIpc) is 2.55. The first-order chi connectivity index (χ1) is 11.1. The van der Waals surface area contributed by atoms with Crippen LogP contribution in [0.3, 0.4) is 0 Å². The molecule has 0 atom stereocenters. The van der Waals surface area contributed by atoms with Crippen LogP contribution in [0, 0.1) is 6.92 Å². The highest BCUT2D eigenvalue weighted by molar-refractivity contribution is 5.95. The van der Waals surface area contributed by atoms with Gasteiger partial charge in [0, 0.05) is 12.8 Å². The quantitative estimate of drug-likeness (QED) is 0.833. The van der Waals surface area contributed by atoms with Crippen LogP contribution in [0.4, 0.5) is 5.69 Å². The highest BCUT2D eigenvalue weighted by Gasteiger charge is 2.11.